The summed E-state index contributed by atoms with van der Waals surface area (Å²) in [7, 11) is 2.45. The summed E-state index contributed by atoms with van der Waals surface area (Å²) in [5, 5.41) is 2.97. The molecule has 1 aliphatic heterocycles. The van der Waals surface area contributed by atoms with E-state index in [-0.39, 0.29) is 0 Å². The largest absolute Gasteiger partial charge is 0.358 e. The van der Waals surface area contributed by atoms with Gasteiger partial charge in [0.25, 0.3) is 0 Å². The van der Waals surface area contributed by atoms with Gasteiger partial charge in [-0.3, -0.25) is 0 Å². The third kappa shape index (κ3) is 1.16. The van der Waals surface area contributed by atoms with Gasteiger partial charge in [-0.1, -0.05) is 6.08 Å². The van der Waals surface area contributed by atoms with Crippen molar-refractivity contribution in [2.24, 2.45) is 4.99 Å². The first kappa shape index (κ1) is 7.56. The molecule has 0 saturated heterocycles. The van der Waals surface area contributed by atoms with Crippen LogP contribution in [0.5, 0.6) is 0 Å². The molecular weight excluding hydrogens is 169 g/mol. The molecule has 12 heavy (non-hydrogen) atoms. The SMILES string of the molecule is PNC1=NC=CCc2cc[nH]c21. The second-order valence-corrected chi connectivity index (χ2v) is 2.88. The highest BCUT2D eigenvalue weighted by molar-refractivity contribution is 7.15. The predicted molar refractivity (Wildman–Crippen MR) is 53.0 cm³/mol. The molecule has 2 rings (SSSR count). The molecule has 1 unspecified atom stereocenters. The maximum atomic E-state index is 4.23. The number of allylic oxidation sites excluding steroid dienone is 1. The van der Waals surface area contributed by atoms with E-state index in [0.29, 0.717) is 0 Å². The lowest BCUT2D eigenvalue weighted by molar-refractivity contribution is 1.24. The summed E-state index contributed by atoms with van der Waals surface area (Å²) in [6.45, 7) is 0. The molecule has 2 heterocycles. The summed E-state index contributed by atoms with van der Waals surface area (Å²) in [4.78, 5) is 7.38. The molecule has 2 N–H and O–H groups in total. The number of nitrogens with one attached hydrogen (secondary N) is 2. The molecule has 1 aromatic heterocycles. The molecule has 0 amide bonds. The Kier molecular flexibility index (Phi) is 1.96. The second kappa shape index (κ2) is 3.11. The summed E-state index contributed by atoms with van der Waals surface area (Å²) in [5.41, 5.74) is 2.35. The Morgan fingerprint density at radius 1 is 1.58 bits per heavy atom. The molecule has 1 aliphatic rings. The van der Waals surface area contributed by atoms with Crippen LogP contribution >= 0.6 is 9.39 Å². The van der Waals surface area contributed by atoms with Crippen molar-refractivity contribution in [2.45, 2.75) is 6.42 Å². The summed E-state index contributed by atoms with van der Waals surface area (Å²) >= 11 is 0. The molecule has 0 radical (unpaired) electrons. The topological polar surface area (TPSA) is 40.2 Å². The fourth-order valence-corrected chi connectivity index (χ4v) is 1.49. The van der Waals surface area contributed by atoms with E-state index in [0.717, 1.165) is 18.0 Å². The van der Waals surface area contributed by atoms with Crippen LogP contribution in [0.25, 0.3) is 0 Å². The minimum atomic E-state index is 0.869. The maximum absolute atomic E-state index is 4.23. The lowest BCUT2D eigenvalue weighted by atomic mass is 10.2. The minimum Gasteiger partial charge on any atom is -0.358 e. The van der Waals surface area contributed by atoms with E-state index in [1.165, 1.54) is 5.56 Å². The number of fused-ring (bicyclic) bond motifs is 1. The molecule has 1 atom stereocenters. The lowest BCUT2D eigenvalue weighted by Crippen LogP contribution is -2.14. The molecule has 0 aliphatic carbocycles. The van der Waals surface area contributed by atoms with Crippen LogP contribution in [0.2, 0.25) is 0 Å². The first-order valence-electron chi connectivity index (χ1n) is 3.78. The summed E-state index contributed by atoms with van der Waals surface area (Å²) < 4.78 is 0. The van der Waals surface area contributed by atoms with Crippen molar-refractivity contribution in [2.75, 3.05) is 0 Å². The number of hydrogen-bond donors (Lipinski definition) is 2. The van der Waals surface area contributed by atoms with Gasteiger partial charge >= 0.3 is 0 Å². The second-order valence-electron chi connectivity index (χ2n) is 2.59. The number of aliphatic imine (C=N–C) groups is 1. The zero-order valence-electron chi connectivity index (χ0n) is 6.54. The molecule has 3 nitrogen and oxygen atoms in total. The Morgan fingerprint density at radius 2 is 2.50 bits per heavy atom. The van der Waals surface area contributed by atoms with Crippen LogP contribution in [-0.4, -0.2) is 10.8 Å². The van der Waals surface area contributed by atoms with Crippen molar-refractivity contribution >= 4 is 15.2 Å². The Hall–Kier alpha value is -1.08. The van der Waals surface area contributed by atoms with E-state index < -0.39 is 0 Å². The van der Waals surface area contributed by atoms with Crippen LogP contribution in [0.4, 0.5) is 0 Å². The molecule has 0 aromatic carbocycles. The van der Waals surface area contributed by atoms with Crippen molar-refractivity contribution in [1.82, 2.24) is 10.1 Å². The van der Waals surface area contributed by atoms with Crippen molar-refractivity contribution in [3.63, 3.8) is 0 Å². The van der Waals surface area contributed by atoms with Crippen molar-refractivity contribution in [3.05, 3.63) is 35.8 Å². The summed E-state index contributed by atoms with van der Waals surface area (Å²) in [6.07, 6.45) is 6.74. The van der Waals surface area contributed by atoms with Gasteiger partial charge in [0.1, 0.15) is 0 Å². The number of H-pyrrole nitrogens is 1. The molecule has 0 fully saturated rings. The van der Waals surface area contributed by atoms with E-state index >= 15 is 0 Å². The van der Waals surface area contributed by atoms with E-state index in [1.807, 2.05) is 18.5 Å². The molecule has 1 aromatic rings. The monoisotopic (exact) mass is 179 g/mol. The van der Waals surface area contributed by atoms with Crippen LogP contribution in [0.15, 0.2) is 29.5 Å². The van der Waals surface area contributed by atoms with Crippen LogP contribution in [0.3, 0.4) is 0 Å². The van der Waals surface area contributed by atoms with Gasteiger partial charge in [-0.25, -0.2) is 4.99 Å². The first-order chi connectivity index (χ1) is 5.92. The molecule has 0 spiro atoms. The standard InChI is InChI=1S/C8H10N3P/c12-11-8-7-6(3-5-9-7)2-1-4-10-8/h1,3-5,9H,2,12H2,(H,10,11). The van der Waals surface area contributed by atoms with Crippen molar-refractivity contribution in [1.29, 1.82) is 0 Å². The number of nitrogens with zero attached hydrogens (tertiary/aromatic N) is 1. The van der Waals surface area contributed by atoms with Gasteiger partial charge in [0.05, 0.1) is 5.69 Å². The normalized spacial score (nSPS) is 14.9. The van der Waals surface area contributed by atoms with Crippen molar-refractivity contribution in [3.8, 4) is 0 Å². The predicted octanol–water partition coefficient (Wildman–Crippen LogP) is 1.21. The molecular formula is C8H10N3P. The van der Waals surface area contributed by atoms with Gasteiger partial charge in [-0.2, -0.15) is 0 Å². The number of rotatable bonds is 0. The average molecular weight is 179 g/mol. The average Bonchev–Trinajstić information content (AvgIpc) is 2.46. The first-order valence-corrected chi connectivity index (χ1v) is 4.35. The van der Waals surface area contributed by atoms with Gasteiger partial charge < -0.3 is 10.1 Å². The van der Waals surface area contributed by atoms with E-state index in [9.17, 15) is 0 Å². The van der Waals surface area contributed by atoms with Crippen LogP contribution in [0.1, 0.15) is 11.3 Å². The third-order valence-electron chi connectivity index (χ3n) is 1.85. The highest BCUT2D eigenvalue weighted by atomic mass is 31.0. The number of aromatic nitrogens is 1. The van der Waals surface area contributed by atoms with Gasteiger partial charge in [0.15, 0.2) is 5.84 Å². The quantitative estimate of drug-likeness (QED) is 0.577. The van der Waals surface area contributed by atoms with Crippen LogP contribution < -0.4 is 5.09 Å². The summed E-state index contributed by atoms with van der Waals surface area (Å²) in [5.74, 6) is 0.869. The van der Waals surface area contributed by atoms with Gasteiger partial charge in [0, 0.05) is 12.4 Å². The lowest BCUT2D eigenvalue weighted by Gasteiger charge is -2.02. The van der Waals surface area contributed by atoms with Gasteiger partial charge in [-0.05, 0) is 27.4 Å². The van der Waals surface area contributed by atoms with E-state index in [1.54, 1.807) is 0 Å². The summed E-state index contributed by atoms with van der Waals surface area (Å²) in [6, 6.07) is 2.07. The number of aromatic amines is 1. The third-order valence-corrected chi connectivity index (χ3v) is 2.13. The Morgan fingerprint density at radius 3 is 3.33 bits per heavy atom. The number of amidine groups is 1. The smallest absolute Gasteiger partial charge is 0.152 e. The molecule has 62 valence electrons. The molecule has 0 bridgehead atoms. The fraction of sp³-hybridized carbons (Fsp3) is 0.125. The fourth-order valence-electron chi connectivity index (χ4n) is 1.27. The van der Waals surface area contributed by atoms with Crippen LogP contribution in [-0.2, 0) is 6.42 Å². The highest BCUT2D eigenvalue weighted by Crippen LogP contribution is 2.12. The van der Waals surface area contributed by atoms with Gasteiger partial charge in [0.2, 0.25) is 0 Å². The zero-order valence-corrected chi connectivity index (χ0v) is 7.70. The zero-order chi connectivity index (χ0) is 8.39. The Balaban J connectivity index is 2.49. The Bertz CT molecular complexity index is 338. The van der Waals surface area contributed by atoms with E-state index in [2.05, 4.69) is 30.5 Å². The maximum Gasteiger partial charge on any atom is 0.152 e. The molecule has 0 saturated carbocycles. The Labute approximate surface area is 73.2 Å². The van der Waals surface area contributed by atoms with E-state index in [4.69, 9.17) is 0 Å². The highest BCUT2D eigenvalue weighted by Gasteiger charge is 2.09. The van der Waals surface area contributed by atoms with Crippen molar-refractivity contribution < 1.29 is 0 Å². The number of hydrogen-bond acceptors (Lipinski definition) is 2. The minimum absolute atomic E-state index is 0.869. The van der Waals surface area contributed by atoms with Gasteiger partial charge in [-0.15, -0.1) is 0 Å². The molecule has 4 heteroatoms. The van der Waals surface area contributed by atoms with Crippen LogP contribution in [0, 0.1) is 0 Å².